The van der Waals surface area contributed by atoms with Crippen LogP contribution in [-0.2, 0) is 11.3 Å². The van der Waals surface area contributed by atoms with Crippen LogP contribution in [0, 0.1) is 0 Å². The van der Waals surface area contributed by atoms with Crippen molar-refractivity contribution in [3.05, 3.63) is 60.2 Å². The lowest BCUT2D eigenvalue weighted by Crippen LogP contribution is -1.95. The van der Waals surface area contributed by atoms with Gasteiger partial charge in [-0.15, -0.1) is 0 Å². The van der Waals surface area contributed by atoms with Crippen molar-refractivity contribution >= 4 is 0 Å². The molecule has 0 aromatic heterocycles. The summed E-state index contributed by atoms with van der Waals surface area (Å²) in [5, 5.41) is 0. The zero-order valence-corrected chi connectivity index (χ0v) is 12.0. The van der Waals surface area contributed by atoms with Gasteiger partial charge in [-0.1, -0.05) is 50.1 Å². The summed E-state index contributed by atoms with van der Waals surface area (Å²) in [7, 11) is 0. The average molecular weight is 270 g/mol. The Morgan fingerprint density at radius 2 is 1.65 bits per heavy atom. The highest BCUT2D eigenvalue weighted by molar-refractivity contribution is 5.33. The minimum atomic E-state index is 0.649. The molecule has 0 aliphatic heterocycles. The van der Waals surface area contributed by atoms with E-state index in [9.17, 15) is 0 Å². The number of ether oxygens (including phenoxy) is 2. The Kier molecular flexibility index (Phi) is 6.12. The van der Waals surface area contributed by atoms with Gasteiger partial charge in [0, 0.05) is 6.61 Å². The Morgan fingerprint density at radius 1 is 0.850 bits per heavy atom. The minimum absolute atomic E-state index is 0.649. The summed E-state index contributed by atoms with van der Waals surface area (Å²) in [4.78, 5) is 0. The number of hydrogen-bond acceptors (Lipinski definition) is 2. The maximum Gasteiger partial charge on any atom is 0.127 e. The Labute approximate surface area is 121 Å². The van der Waals surface area contributed by atoms with Gasteiger partial charge in [0.1, 0.15) is 11.5 Å². The Balaban J connectivity index is 1.84. The first-order valence-electron chi connectivity index (χ1n) is 7.28. The first-order valence-corrected chi connectivity index (χ1v) is 7.28. The van der Waals surface area contributed by atoms with E-state index in [2.05, 4.69) is 13.0 Å². The first kappa shape index (κ1) is 14.6. The van der Waals surface area contributed by atoms with Crippen LogP contribution in [0.1, 0.15) is 31.7 Å². The average Bonchev–Trinajstić information content (AvgIpc) is 2.48. The van der Waals surface area contributed by atoms with Gasteiger partial charge in [0.05, 0.1) is 6.61 Å². The van der Waals surface area contributed by atoms with Crippen molar-refractivity contribution in [1.29, 1.82) is 0 Å². The van der Waals surface area contributed by atoms with Gasteiger partial charge in [0.2, 0.25) is 0 Å². The normalized spacial score (nSPS) is 10.4. The van der Waals surface area contributed by atoms with Crippen molar-refractivity contribution in [3.63, 3.8) is 0 Å². The molecule has 2 aromatic carbocycles. The number of hydrogen-bond donors (Lipinski definition) is 0. The van der Waals surface area contributed by atoms with Gasteiger partial charge >= 0.3 is 0 Å². The van der Waals surface area contributed by atoms with E-state index in [1.54, 1.807) is 0 Å². The molecule has 106 valence electrons. The van der Waals surface area contributed by atoms with Crippen molar-refractivity contribution in [3.8, 4) is 11.5 Å². The van der Waals surface area contributed by atoms with Crippen LogP contribution in [0.15, 0.2) is 54.6 Å². The van der Waals surface area contributed by atoms with Crippen LogP contribution in [0.4, 0.5) is 0 Å². The summed E-state index contributed by atoms with van der Waals surface area (Å²) < 4.78 is 11.5. The van der Waals surface area contributed by atoms with Crippen molar-refractivity contribution in [2.45, 2.75) is 32.8 Å². The largest absolute Gasteiger partial charge is 0.457 e. The van der Waals surface area contributed by atoms with E-state index < -0.39 is 0 Å². The van der Waals surface area contributed by atoms with E-state index in [1.165, 1.54) is 12.8 Å². The fourth-order valence-corrected chi connectivity index (χ4v) is 1.97. The van der Waals surface area contributed by atoms with E-state index in [1.807, 2.05) is 48.5 Å². The third-order valence-corrected chi connectivity index (χ3v) is 3.04. The van der Waals surface area contributed by atoms with E-state index in [4.69, 9.17) is 9.47 Å². The van der Waals surface area contributed by atoms with Crippen LogP contribution in [0.3, 0.4) is 0 Å². The van der Waals surface area contributed by atoms with Crippen molar-refractivity contribution in [2.24, 2.45) is 0 Å². The summed E-state index contributed by atoms with van der Waals surface area (Å²) in [5.74, 6) is 1.71. The Morgan fingerprint density at radius 3 is 2.45 bits per heavy atom. The van der Waals surface area contributed by atoms with Crippen LogP contribution in [-0.4, -0.2) is 6.61 Å². The van der Waals surface area contributed by atoms with Crippen LogP contribution < -0.4 is 4.74 Å². The third-order valence-electron chi connectivity index (χ3n) is 3.04. The van der Waals surface area contributed by atoms with E-state index in [-0.39, 0.29) is 0 Å². The van der Waals surface area contributed by atoms with E-state index in [0.29, 0.717) is 6.61 Å². The molecule has 0 radical (unpaired) electrons. The highest BCUT2D eigenvalue weighted by Crippen LogP contribution is 2.22. The zero-order chi connectivity index (χ0) is 14.0. The molecule has 0 aliphatic rings. The predicted octanol–water partition coefficient (Wildman–Crippen LogP) is 5.19. The van der Waals surface area contributed by atoms with Crippen molar-refractivity contribution < 1.29 is 9.47 Å². The molecule has 0 unspecified atom stereocenters. The molecule has 0 saturated heterocycles. The van der Waals surface area contributed by atoms with Gasteiger partial charge < -0.3 is 9.47 Å². The molecular weight excluding hydrogens is 248 g/mol. The molecule has 0 saturated carbocycles. The molecule has 0 amide bonds. The molecule has 2 nitrogen and oxygen atoms in total. The second-order valence-electron chi connectivity index (χ2n) is 4.82. The molecule has 0 fully saturated rings. The summed E-state index contributed by atoms with van der Waals surface area (Å²) in [6.45, 7) is 3.68. The molecule has 2 heteroatoms. The predicted molar refractivity (Wildman–Crippen MR) is 82.1 cm³/mol. The fourth-order valence-electron chi connectivity index (χ4n) is 1.97. The highest BCUT2D eigenvalue weighted by Gasteiger charge is 1.99. The minimum Gasteiger partial charge on any atom is -0.457 e. The second kappa shape index (κ2) is 8.39. The lowest BCUT2D eigenvalue weighted by atomic mass is 10.2. The lowest BCUT2D eigenvalue weighted by molar-refractivity contribution is 0.117. The van der Waals surface area contributed by atoms with Crippen LogP contribution in [0.25, 0.3) is 0 Å². The molecule has 0 bridgehead atoms. The second-order valence-corrected chi connectivity index (χ2v) is 4.82. The Hall–Kier alpha value is -1.80. The topological polar surface area (TPSA) is 18.5 Å². The zero-order valence-electron chi connectivity index (χ0n) is 12.0. The van der Waals surface area contributed by atoms with Gasteiger partial charge in [-0.2, -0.15) is 0 Å². The summed E-state index contributed by atoms with van der Waals surface area (Å²) in [5.41, 5.74) is 1.15. The molecule has 0 N–H and O–H groups in total. The standard InChI is InChI=1S/C18H22O2/c1-2-3-7-13-19-15-16-9-8-12-18(14-16)20-17-10-5-4-6-11-17/h4-6,8-12,14H,2-3,7,13,15H2,1H3. The van der Waals surface area contributed by atoms with Crippen LogP contribution >= 0.6 is 0 Å². The van der Waals surface area contributed by atoms with Gasteiger partial charge in [0.25, 0.3) is 0 Å². The molecule has 0 spiro atoms. The van der Waals surface area contributed by atoms with Gasteiger partial charge in [-0.3, -0.25) is 0 Å². The maximum absolute atomic E-state index is 5.81. The summed E-state index contributed by atoms with van der Waals surface area (Å²) in [6.07, 6.45) is 3.59. The van der Waals surface area contributed by atoms with E-state index in [0.717, 1.165) is 30.1 Å². The monoisotopic (exact) mass is 270 g/mol. The fraction of sp³-hybridized carbons (Fsp3) is 0.333. The lowest BCUT2D eigenvalue weighted by Gasteiger charge is -2.08. The molecule has 2 aromatic rings. The molecule has 0 atom stereocenters. The van der Waals surface area contributed by atoms with Crippen molar-refractivity contribution in [1.82, 2.24) is 0 Å². The quantitative estimate of drug-likeness (QED) is 0.615. The summed E-state index contributed by atoms with van der Waals surface area (Å²) in [6, 6.07) is 17.9. The smallest absolute Gasteiger partial charge is 0.127 e. The Bertz CT molecular complexity index is 494. The third kappa shape index (κ3) is 5.06. The van der Waals surface area contributed by atoms with Crippen LogP contribution in [0.2, 0.25) is 0 Å². The molecule has 20 heavy (non-hydrogen) atoms. The van der Waals surface area contributed by atoms with Gasteiger partial charge in [-0.25, -0.2) is 0 Å². The number of para-hydroxylation sites is 1. The molecule has 0 aliphatic carbocycles. The SMILES string of the molecule is CCCCCOCc1cccc(Oc2ccccc2)c1. The number of rotatable bonds is 8. The highest BCUT2D eigenvalue weighted by atomic mass is 16.5. The first-order chi connectivity index (χ1) is 9.88. The van der Waals surface area contributed by atoms with Crippen LogP contribution in [0.5, 0.6) is 11.5 Å². The maximum atomic E-state index is 5.81. The number of unbranched alkanes of at least 4 members (excludes halogenated alkanes) is 2. The summed E-state index contributed by atoms with van der Waals surface area (Å²) >= 11 is 0. The van der Waals surface area contributed by atoms with Gasteiger partial charge in [0.15, 0.2) is 0 Å². The van der Waals surface area contributed by atoms with E-state index >= 15 is 0 Å². The van der Waals surface area contributed by atoms with Crippen molar-refractivity contribution in [2.75, 3.05) is 6.61 Å². The molecular formula is C18H22O2. The number of benzene rings is 2. The molecule has 0 heterocycles. The molecule has 2 rings (SSSR count). The van der Waals surface area contributed by atoms with Gasteiger partial charge in [-0.05, 0) is 36.2 Å².